The molecule has 1 amide bonds. The van der Waals surface area contributed by atoms with E-state index in [0.717, 1.165) is 49.7 Å². The van der Waals surface area contributed by atoms with E-state index in [1.807, 2.05) is 24.3 Å². The van der Waals surface area contributed by atoms with Crippen molar-refractivity contribution in [3.05, 3.63) is 29.8 Å². The Morgan fingerprint density at radius 3 is 2.26 bits per heavy atom. The minimum atomic E-state index is -0.0231. The van der Waals surface area contributed by atoms with E-state index in [1.165, 1.54) is 51.4 Å². The maximum atomic E-state index is 12.3. The van der Waals surface area contributed by atoms with Gasteiger partial charge in [0.1, 0.15) is 6.61 Å². The van der Waals surface area contributed by atoms with E-state index in [1.54, 1.807) is 13.2 Å². The lowest BCUT2D eigenvalue weighted by molar-refractivity contribution is -0.117. The highest BCUT2D eigenvalue weighted by molar-refractivity contribution is 5.92. The van der Waals surface area contributed by atoms with Gasteiger partial charge in [0.25, 0.3) is 0 Å². The third kappa shape index (κ3) is 12.7. The molecule has 1 aliphatic rings. The number of nitrogens with one attached hydrogen (secondary N) is 1. The molecule has 1 saturated carbocycles. The van der Waals surface area contributed by atoms with Gasteiger partial charge >= 0.3 is 0 Å². The average molecular weight is 509 g/mol. The van der Waals surface area contributed by atoms with Gasteiger partial charge in [-0.3, -0.25) is 9.69 Å². The molecule has 0 bridgehead atoms. The first-order valence-electron chi connectivity index (χ1n) is 13.6. The molecule has 2 rings (SSSR count). The van der Waals surface area contributed by atoms with Crippen molar-refractivity contribution in [3.8, 4) is 11.5 Å². The van der Waals surface area contributed by atoms with Gasteiger partial charge in [-0.05, 0) is 81.3 Å². The Morgan fingerprint density at radius 1 is 1.00 bits per heavy atom. The highest BCUT2D eigenvalue weighted by Crippen LogP contribution is 2.28. The maximum absolute atomic E-state index is 12.3. The number of halogens is 1. The van der Waals surface area contributed by atoms with Crippen molar-refractivity contribution in [2.45, 2.75) is 91.0 Å². The summed E-state index contributed by atoms with van der Waals surface area (Å²) in [5.74, 6) is 2.21. The Balaban J connectivity index is 0.00000612. The molecule has 0 unspecified atom stereocenters. The molecule has 0 spiro atoms. The molecular formula is C29H49ClN2O3. The molecule has 5 nitrogen and oxygen atoms in total. The molecule has 0 atom stereocenters. The maximum Gasteiger partial charge on any atom is 0.244 e. The highest BCUT2D eigenvalue weighted by atomic mass is 35.5. The summed E-state index contributed by atoms with van der Waals surface area (Å²) in [6, 6.07) is 6.16. The number of hydrogen-bond donors (Lipinski definition) is 1. The average Bonchev–Trinajstić information content (AvgIpc) is 2.84. The summed E-state index contributed by atoms with van der Waals surface area (Å²) in [5.41, 5.74) is 0.928. The van der Waals surface area contributed by atoms with Gasteiger partial charge < -0.3 is 14.8 Å². The van der Waals surface area contributed by atoms with Gasteiger partial charge in [0, 0.05) is 18.7 Å². The number of carbonyl (C=O) groups is 1. The third-order valence-electron chi connectivity index (χ3n) is 6.80. The topological polar surface area (TPSA) is 50.8 Å². The van der Waals surface area contributed by atoms with Crippen LogP contribution in [0.5, 0.6) is 11.5 Å². The van der Waals surface area contributed by atoms with Gasteiger partial charge in [-0.15, -0.1) is 12.4 Å². The van der Waals surface area contributed by atoms with Crippen LogP contribution >= 0.6 is 12.4 Å². The van der Waals surface area contributed by atoms with Crippen LogP contribution < -0.4 is 14.8 Å². The van der Waals surface area contributed by atoms with Crippen molar-refractivity contribution in [1.29, 1.82) is 0 Å². The van der Waals surface area contributed by atoms with Gasteiger partial charge in [0.2, 0.25) is 5.91 Å². The number of unbranched alkanes of at least 4 members (excludes halogenated alkanes) is 4. The van der Waals surface area contributed by atoms with Crippen molar-refractivity contribution in [2.75, 3.05) is 33.4 Å². The summed E-state index contributed by atoms with van der Waals surface area (Å²) in [4.78, 5) is 14.9. The first kappa shape index (κ1) is 31.3. The second-order valence-electron chi connectivity index (χ2n) is 9.81. The van der Waals surface area contributed by atoms with Gasteiger partial charge in [0.15, 0.2) is 11.5 Å². The van der Waals surface area contributed by atoms with Crippen molar-refractivity contribution in [3.63, 3.8) is 0 Å². The Labute approximate surface area is 220 Å². The molecule has 1 fully saturated rings. The molecule has 35 heavy (non-hydrogen) atoms. The van der Waals surface area contributed by atoms with Crippen LogP contribution in [-0.2, 0) is 4.79 Å². The summed E-state index contributed by atoms with van der Waals surface area (Å²) in [7, 11) is 1.66. The Kier molecular flexibility index (Phi) is 16.6. The van der Waals surface area contributed by atoms with Crippen molar-refractivity contribution >= 4 is 24.4 Å². The lowest BCUT2D eigenvalue weighted by atomic mass is 9.87. The predicted octanol–water partition coefficient (Wildman–Crippen LogP) is 6.89. The first-order chi connectivity index (χ1) is 16.5. The van der Waals surface area contributed by atoms with Gasteiger partial charge in [-0.1, -0.05) is 52.5 Å². The van der Waals surface area contributed by atoms with Gasteiger partial charge in [0.05, 0.1) is 7.11 Å². The quantitative estimate of drug-likeness (QED) is 0.195. The third-order valence-corrected chi connectivity index (χ3v) is 6.80. The van der Waals surface area contributed by atoms with Crippen LogP contribution in [0.2, 0.25) is 0 Å². The Morgan fingerprint density at radius 2 is 1.66 bits per heavy atom. The van der Waals surface area contributed by atoms with Crippen LogP contribution in [0.4, 0.5) is 0 Å². The fourth-order valence-corrected chi connectivity index (χ4v) is 4.52. The van der Waals surface area contributed by atoms with E-state index < -0.39 is 0 Å². The van der Waals surface area contributed by atoms with Crippen molar-refractivity contribution < 1.29 is 14.3 Å². The molecule has 200 valence electrons. The van der Waals surface area contributed by atoms with Crippen LogP contribution in [0.25, 0.3) is 6.08 Å². The van der Waals surface area contributed by atoms with Crippen molar-refractivity contribution in [1.82, 2.24) is 10.2 Å². The van der Waals surface area contributed by atoms with E-state index >= 15 is 0 Å². The first-order valence-corrected chi connectivity index (χ1v) is 13.6. The fourth-order valence-electron chi connectivity index (χ4n) is 4.52. The van der Waals surface area contributed by atoms with Gasteiger partial charge in [-0.25, -0.2) is 0 Å². The molecule has 0 heterocycles. The fraction of sp³-hybridized carbons (Fsp3) is 0.690. The van der Waals surface area contributed by atoms with Crippen LogP contribution in [-0.4, -0.2) is 50.2 Å². The molecule has 1 aromatic rings. The van der Waals surface area contributed by atoms with Crippen LogP contribution in [0.15, 0.2) is 24.3 Å². The minimum absolute atomic E-state index is 0. The molecule has 0 aromatic heterocycles. The Hall–Kier alpha value is -1.72. The lowest BCUT2D eigenvalue weighted by Gasteiger charge is -2.26. The lowest BCUT2D eigenvalue weighted by Crippen LogP contribution is -2.36. The number of nitrogens with zero attached hydrogens (tertiary/aromatic N) is 1. The molecule has 6 heteroatoms. The zero-order valence-corrected chi connectivity index (χ0v) is 23.3. The zero-order chi connectivity index (χ0) is 24.6. The van der Waals surface area contributed by atoms with Crippen LogP contribution in [0.3, 0.4) is 0 Å². The molecule has 0 radical (unpaired) electrons. The Bertz CT molecular complexity index is 723. The van der Waals surface area contributed by atoms with E-state index in [2.05, 4.69) is 31.0 Å². The number of hydrogen-bond acceptors (Lipinski definition) is 4. The summed E-state index contributed by atoms with van der Waals surface area (Å²) < 4.78 is 11.7. The molecule has 1 aliphatic carbocycles. The van der Waals surface area contributed by atoms with Crippen molar-refractivity contribution in [2.24, 2.45) is 5.92 Å². The monoisotopic (exact) mass is 508 g/mol. The van der Waals surface area contributed by atoms with E-state index in [-0.39, 0.29) is 18.3 Å². The summed E-state index contributed by atoms with van der Waals surface area (Å²) in [6.45, 7) is 10.6. The number of ether oxygens (including phenoxy) is 2. The summed E-state index contributed by atoms with van der Waals surface area (Å²) in [6.07, 6.45) is 15.6. The van der Waals surface area contributed by atoms with E-state index in [4.69, 9.17) is 9.47 Å². The second kappa shape index (κ2) is 18.5. The van der Waals surface area contributed by atoms with Crippen LogP contribution in [0.1, 0.15) is 90.5 Å². The zero-order valence-electron chi connectivity index (χ0n) is 22.5. The summed E-state index contributed by atoms with van der Waals surface area (Å²) in [5, 5.41) is 3.14. The van der Waals surface area contributed by atoms with E-state index in [9.17, 15) is 4.79 Å². The molecule has 0 saturated heterocycles. The number of methoxy groups -OCH3 is 1. The molecule has 1 N–H and O–H groups in total. The standard InChI is InChI=1S/C29H48N2O3.ClH/c1-5-7-9-19-31(20-10-8-6-2)21-22-34-27-17-13-25(23-28(27)33-4)14-18-29(32)30-26-15-11-24(3)12-16-26;/h13-14,17-18,23-24,26H,5-12,15-16,19-22H2,1-4H3,(H,30,32);1H. The number of benzene rings is 1. The normalized spacial score (nSPS) is 17.9. The largest absolute Gasteiger partial charge is 0.493 e. The minimum Gasteiger partial charge on any atom is -0.493 e. The smallest absolute Gasteiger partial charge is 0.244 e. The van der Waals surface area contributed by atoms with Crippen LogP contribution in [0, 0.1) is 5.92 Å². The second-order valence-corrected chi connectivity index (χ2v) is 9.81. The SMILES string of the molecule is CCCCCN(CCCCC)CCOc1ccc(C=CC(=O)NC2CCC(C)CC2)cc1OC.Cl. The molecule has 1 aromatic carbocycles. The van der Waals surface area contributed by atoms with Gasteiger partial charge in [-0.2, -0.15) is 0 Å². The molecular weight excluding hydrogens is 460 g/mol. The van der Waals surface area contributed by atoms with E-state index in [0.29, 0.717) is 18.4 Å². The number of amides is 1. The molecule has 0 aliphatic heterocycles. The number of carbonyl (C=O) groups excluding carboxylic acids is 1. The predicted molar refractivity (Wildman–Crippen MR) is 150 cm³/mol. The summed E-state index contributed by atoms with van der Waals surface area (Å²) >= 11 is 0. The number of rotatable bonds is 16. The highest BCUT2D eigenvalue weighted by Gasteiger charge is 2.18.